The van der Waals surface area contributed by atoms with E-state index in [0.29, 0.717) is 4.99 Å². The largest absolute Gasteiger partial charge is 0.393 e. The molecule has 5 heteroatoms. The van der Waals surface area contributed by atoms with Gasteiger partial charge in [0.25, 0.3) is 0 Å². The van der Waals surface area contributed by atoms with Crippen LogP contribution in [0.3, 0.4) is 0 Å². The predicted molar refractivity (Wildman–Crippen MR) is 81.4 cm³/mol. The summed E-state index contributed by atoms with van der Waals surface area (Å²) in [6.07, 6.45) is 2.16. The Balaban J connectivity index is 1.89. The highest BCUT2D eigenvalue weighted by atomic mass is 79.9. The first kappa shape index (κ1) is 13.5. The van der Waals surface area contributed by atoms with Crippen LogP contribution in [-0.2, 0) is 6.54 Å². The number of nitrogens with zero attached hydrogens (tertiary/aromatic N) is 1. The molecular weight excluding hydrogens is 316 g/mol. The summed E-state index contributed by atoms with van der Waals surface area (Å²) in [6.45, 7) is 5.41. The summed E-state index contributed by atoms with van der Waals surface area (Å²) in [6, 6.07) is 4.30. The van der Waals surface area contributed by atoms with Crippen LogP contribution in [0.25, 0.3) is 0 Å². The number of rotatable bonds is 3. The molecule has 2 rings (SSSR count). The number of hydrogen-bond donors (Lipinski definition) is 1. The van der Waals surface area contributed by atoms with Crippen LogP contribution in [0.2, 0.25) is 0 Å². The number of likely N-dealkylation sites (tertiary alicyclic amines) is 1. The Morgan fingerprint density at radius 2 is 2.18 bits per heavy atom. The van der Waals surface area contributed by atoms with E-state index in [1.165, 1.54) is 8.66 Å². The van der Waals surface area contributed by atoms with Gasteiger partial charge in [0.15, 0.2) is 0 Å². The van der Waals surface area contributed by atoms with Crippen LogP contribution in [0, 0.1) is 5.41 Å². The molecule has 0 saturated carbocycles. The molecule has 0 amide bonds. The van der Waals surface area contributed by atoms with Crippen molar-refractivity contribution in [3.63, 3.8) is 0 Å². The molecular formula is C12H17BrN2S2. The van der Waals surface area contributed by atoms with E-state index in [4.69, 9.17) is 18.0 Å². The minimum Gasteiger partial charge on any atom is -0.393 e. The maximum absolute atomic E-state index is 5.81. The van der Waals surface area contributed by atoms with E-state index in [1.807, 2.05) is 11.3 Å². The topological polar surface area (TPSA) is 29.3 Å². The van der Waals surface area contributed by atoms with E-state index in [2.05, 4.69) is 39.9 Å². The molecule has 94 valence electrons. The highest BCUT2D eigenvalue weighted by Crippen LogP contribution is 2.32. The van der Waals surface area contributed by atoms with E-state index in [1.54, 1.807) is 0 Å². The van der Waals surface area contributed by atoms with Crippen molar-refractivity contribution in [3.05, 3.63) is 20.8 Å². The molecule has 0 unspecified atom stereocenters. The molecule has 1 aromatic heterocycles. The van der Waals surface area contributed by atoms with Gasteiger partial charge >= 0.3 is 0 Å². The average molecular weight is 333 g/mol. The Bertz CT molecular complexity index is 408. The molecule has 2 heterocycles. The molecule has 0 aromatic carbocycles. The van der Waals surface area contributed by atoms with Crippen molar-refractivity contribution >= 4 is 44.5 Å². The van der Waals surface area contributed by atoms with E-state index in [9.17, 15) is 0 Å². The zero-order valence-electron chi connectivity index (χ0n) is 9.91. The van der Waals surface area contributed by atoms with Gasteiger partial charge in [0.05, 0.1) is 8.77 Å². The fourth-order valence-electron chi connectivity index (χ4n) is 2.11. The summed E-state index contributed by atoms with van der Waals surface area (Å²) in [4.78, 5) is 4.57. The second kappa shape index (κ2) is 5.34. The van der Waals surface area contributed by atoms with Crippen molar-refractivity contribution in [2.24, 2.45) is 11.1 Å². The zero-order valence-corrected chi connectivity index (χ0v) is 13.1. The molecule has 0 spiro atoms. The van der Waals surface area contributed by atoms with Crippen molar-refractivity contribution in [3.8, 4) is 0 Å². The van der Waals surface area contributed by atoms with Gasteiger partial charge in [0, 0.05) is 16.8 Å². The molecule has 1 aliphatic heterocycles. The van der Waals surface area contributed by atoms with Crippen molar-refractivity contribution in [1.29, 1.82) is 0 Å². The maximum Gasteiger partial charge on any atom is 0.0788 e. The summed E-state index contributed by atoms with van der Waals surface area (Å²) >= 11 is 10.5. The van der Waals surface area contributed by atoms with Crippen molar-refractivity contribution in [2.45, 2.75) is 26.3 Å². The second-order valence-corrected chi connectivity index (χ2v) is 7.89. The standard InChI is InChI=1S/C12H17BrN2S2/c1-12(11(14)16)4-6-15(7-5-12)8-9-2-3-10(13)17-9/h2-3H,4-8H2,1H3,(H2,14,16). The van der Waals surface area contributed by atoms with E-state index in [0.717, 1.165) is 32.5 Å². The lowest BCUT2D eigenvalue weighted by atomic mass is 9.80. The lowest BCUT2D eigenvalue weighted by Crippen LogP contribution is -2.44. The minimum absolute atomic E-state index is 0.0713. The first-order valence-electron chi connectivity index (χ1n) is 5.76. The highest BCUT2D eigenvalue weighted by molar-refractivity contribution is 9.11. The minimum atomic E-state index is 0.0713. The predicted octanol–water partition coefficient (Wildman–Crippen LogP) is 3.40. The number of piperidine rings is 1. The summed E-state index contributed by atoms with van der Waals surface area (Å²) in [7, 11) is 0. The Labute approximate surface area is 120 Å². The number of halogens is 1. The van der Waals surface area contributed by atoms with Crippen LogP contribution in [0.1, 0.15) is 24.6 Å². The first-order chi connectivity index (χ1) is 7.99. The van der Waals surface area contributed by atoms with Crippen molar-refractivity contribution in [1.82, 2.24) is 4.90 Å². The second-order valence-electron chi connectivity index (χ2n) is 4.91. The summed E-state index contributed by atoms with van der Waals surface area (Å²) < 4.78 is 1.21. The smallest absolute Gasteiger partial charge is 0.0788 e. The number of hydrogen-bond acceptors (Lipinski definition) is 3. The highest BCUT2D eigenvalue weighted by Gasteiger charge is 2.32. The third-order valence-electron chi connectivity index (χ3n) is 3.56. The van der Waals surface area contributed by atoms with E-state index >= 15 is 0 Å². The Morgan fingerprint density at radius 3 is 2.65 bits per heavy atom. The van der Waals surface area contributed by atoms with Crippen LogP contribution in [0.4, 0.5) is 0 Å². The van der Waals surface area contributed by atoms with Gasteiger partial charge in [-0.3, -0.25) is 4.90 Å². The first-order valence-corrected chi connectivity index (χ1v) is 7.78. The fourth-order valence-corrected chi connectivity index (χ4v) is 3.84. The van der Waals surface area contributed by atoms with Gasteiger partial charge in [-0.15, -0.1) is 11.3 Å². The monoisotopic (exact) mass is 332 g/mol. The Kier molecular flexibility index (Phi) is 4.23. The fraction of sp³-hybridized carbons (Fsp3) is 0.583. The number of thiocarbonyl (C=S) groups is 1. The molecule has 2 nitrogen and oxygen atoms in total. The lowest BCUT2D eigenvalue weighted by molar-refractivity contribution is 0.159. The molecule has 17 heavy (non-hydrogen) atoms. The van der Waals surface area contributed by atoms with Gasteiger partial charge in [-0.1, -0.05) is 19.1 Å². The van der Waals surface area contributed by atoms with Crippen LogP contribution >= 0.6 is 39.5 Å². The molecule has 1 aliphatic rings. The molecule has 0 bridgehead atoms. The third kappa shape index (κ3) is 3.28. The quantitative estimate of drug-likeness (QED) is 0.860. The van der Waals surface area contributed by atoms with Crippen LogP contribution in [-0.4, -0.2) is 23.0 Å². The Morgan fingerprint density at radius 1 is 1.53 bits per heavy atom. The lowest BCUT2D eigenvalue weighted by Gasteiger charge is -2.38. The van der Waals surface area contributed by atoms with E-state index < -0.39 is 0 Å². The molecule has 0 atom stereocenters. The molecule has 1 saturated heterocycles. The van der Waals surface area contributed by atoms with Gasteiger partial charge in [-0.05, 0) is 54.0 Å². The number of nitrogens with two attached hydrogens (primary N) is 1. The van der Waals surface area contributed by atoms with Gasteiger partial charge in [-0.2, -0.15) is 0 Å². The molecule has 0 radical (unpaired) electrons. The third-order valence-corrected chi connectivity index (χ3v) is 5.66. The molecule has 1 fully saturated rings. The summed E-state index contributed by atoms with van der Waals surface area (Å²) in [5, 5.41) is 0. The van der Waals surface area contributed by atoms with Crippen LogP contribution < -0.4 is 5.73 Å². The summed E-state index contributed by atoms with van der Waals surface area (Å²) in [5.41, 5.74) is 5.88. The van der Waals surface area contributed by atoms with Gasteiger partial charge in [0.1, 0.15) is 0 Å². The maximum atomic E-state index is 5.81. The normalized spacial score (nSPS) is 20.4. The SMILES string of the molecule is CC1(C(N)=S)CCN(Cc2ccc(Br)s2)CC1. The van der Waals surface area contributed by atoms with E-state index in [-0.39, 0.29) is 5.41 Å². The Hall–Kier alpha value is 0.0300. The average Bonchev–Trinajstić information content (AvgIpc) is 2.67. The van der Waals surface area contributed by atoms with Crippen molar-refractivity contribution in [2.75, 3.05) is 13.1 Å². The van der Waals surface area contributed by atoms with Gasteiger partial charge < -0.3 is 5.73 Å². The number of thiophene rings is 1. The molecule has 2 N–H and O–H groups in total. The molecule has 0 aliphatic carbocycles. The zero-order chi connectivity index (χ0) is 12.5. The van der Waals surface area contributed by atoms with Crippen LogP contribution in [0.15, 0.2) is 15.9 Å². The van der Waals surface area contributed by atoms with Gasteiger partial charge in [0.2, 0.25) is 0 Å². The molecule has 1 aromatic rings. The van der Waals surface area contributed by atoms with Gasteiger partial charge in [-0.25, -0.2) is 0 Å². The summed E-state index contributed by atoms with van der Waals surface area (Å²) in [5.74, 6) is 0. The van der Waals surface area contributed by atoms with Crippen LogP contribution in [0.5, 0.6) is 0 Å². The van der Waals surface area contributed by atoms with Crippen molar-refractivity contribution < 1.29 is 0 Å².